The predicted octanol–water partition coefficient (Wildman–Crippen LogP) is 3.77. The number of benzene rings is 1. The Morgan fingerprint density at radius 3 is 1.50 bits per heavy atom. The maximum atomic E-state index is 12.1. The molecule has 124 valence electrons. The first-order valence-corrected chi connectivity index (χ1v) is 8.36. The van der Waals surface area contributed by atoms with Gasteiger partial charge in [0.15, 0.2) is 0 Å². The van der Waals surface area contributed by atoms with E-state index in [9.17, 15) is 9.59 Å². The predicted molar refractivity (Wildman–Crippen MR) is 92.3 cm³/mol. The molecule has 2 amide bonds. The largest absolute Gasteiger partial charge is 0.352 e. The molecule has 0 unspecified atom stereocenters. The fourth-order valence-electron chi connectivity index (χ4n) is 1.83. The van der Waals surface area contributed by atoms with Crippen LogP contribution in [0.1, 0.15) is 74.1 Å². The molecule has 0 saturated carbocycles. The third kappa shape index (κ3) is 7.25. The Morgan fingerprint density at radius 2 is 1.18 bits per heavy atom. The SMILES string of the molecule is CC.CCCCNC(=O)c1ccccc1C(=O)NCCCC. The quantitative estimate of drug-likeness (QED) is 0.718. The van der Waals surface area contributed by atoms with Crippen LogP contribution in [0.25, 0.3) is 0 Å². The van der Waals surface area contributed by atoms with Crippen LogP contribution < -0.4 is 10.6 Å². The molecule has 0 spiro atoms. The molecule has 0 heterocycles. The van der Waals surface area contributed by atoms with Crippen molar-refractivity contribution in [2.75, 3.05) is 13.1 Å². The summed E-state index contributed by atoms with van der Waals surface area (Å²) >= 11 is 0. The third-order valence-corrected chi connectivity index (χ3v) is 3.05. The molecule has 0 aromatic heterocycles. The lowest BCUT2D eigenvalue weighted by molar-refractivity contribution is 0.0919. The Morgan fingerprint density at radius 1 is 0.818 bits per heavy atom. The van der Waals surface area contributed by atoms with E-state index >= 15 is 0 Å². The van der Waals surface area contributed by atoms with E-state index in [4.69, 9.17) is 0 Å². The molecule has 4 nitrogen and oxygen atoms in total. The molecule has 0 radical (unpaired) electrons. The zero-order chi connectivity index (χ0) is 16.8. The number of hydrogen-bond donors (Lipinski definition) is 2. The molecule has 0 aliphatic carbocycles. The zero-order valence-electron chi connectivity index (χ0n) is 14.4. The van der Waals surface area contributed by atoms with Crippen molar-refractivity contribution < 1.29 is 9.59 Å². The monoisotopic (exact) mass is 306 g/mol. The number of hydrogen-bond acceptors (Lipinski definition) is 2. The van der Waals surface area contributed by atoms with Gasteiger partial charge in [0.25, 0.3) is 11.8 Å². The van der Waals surface area contributed by atoms with E-state index in [-0.39, 0.29) is 11.8 Å². The molecule has 22 heavy (non-hydrogen) atoms. The summed E-state index contributed by atoms with van der Waals surface area (Å²) in [5.41, 5.74) is 0.884. The Labute approximate surface area is 134 Å². The number of unbranched alkanes of at least 4 members (excludes halogenated alkanes) is 2. The Bertz CT molecular complexity index is 403. The molecule has 1 rings (SSSR count). The van der Waals surface area contributed by atoms with Gasteiger partial charge in [-0.3, -0.25) is 9.59 Å². The number of carbonyl (C=O) groups excluding carboxylic acids is 2. The van der Waals surface area contributed by atoms with Crippen LogP contribution in [0.4, 0.5) is 0 Å². The lowest BCUT2D eigenvalue weighted by Gasteiger charge is -2.10. The van der Waals surface area contributed by atoms with E-state index < -0.39 is 0 Å². The molecule has 0 bridgehead atoms. The second kappa shape index (κ2) is 12.9. The maximum Gasteiger partial charge on any atom is 0.252 e. The summed E-state index contributed by atoms with van der Waals surface area (Å²) in [5.74, 6) is -0.362. The van der Waals surface area contributed by atoms with E-state index in [0.29, 0.717) is 24.2 Å². The van der Waals surface area contributed by atoms with Crippen LogP contribution in [-0.4, -0.2) is 24.9 Å². The van der Waals surface area contributed by atoms with Crippen LogP contribution in [0.15, 0.2) is 24.3 Å². The Hall–Kier alpha value is -1.84. The van der Waals surface area contributed by atoms with Crippen molar-refractivity contribution in [2.24, 2.45) is 0 Å². The first kappa shape index (κ1) is 20.2. The van der Waals surface area contributed by atoms with Crippen molar-refractivity contribution in [1.82, 2.24) is 10.6 Å². The van der Waals surface area contributed by atoms with E-state index in [1.807, 2.05) is 13.8 Å². The highest BCUT2D eigenvalue weighted by molar-refractivity contribution is 6.07. The van der Waals surface area contributed by atoms with Crippen LogP contribution >= 0.6 is 0 Å². The first-order valence-electron chi connectivity index (χ1n) is 8.36. The number of nitrogens with one attached hydrogen (secondary N) is 2. The number of amides is 2. The highest BCUT2D eigenvalue weighted by Crippen LogP contribution is 2.09. The normalized spacial score (nSPS) is 9.45. The summed E-state index contributed by atoms with van der Waals surface area (Å²) in [7, 11) is 0. The van der Waals surface area contributed by atoms with Gasteiger partial charge in [-0.15, -0.1) is 0 Å². The van der Waals surface area contributed by atoms with Crippen molar-refractivity contribution in [1.29, 1.82) is 0 Å². The van der Waals surface area contributed by atoms with Gasteiger partial charge in [0.1, 0.15) is 0 Å². The first-order chi connectivity index (χ1) is 10.7. The van der Waals surface area contributed by atoms with Gasteiger partial charge >= 0.3 is 0 Å². The van der Waals surface area contributed by atoms with Crippen molar-refractivity contribution >= 4 is 11.8 Å². The van der Waals surface area contributed by atoms with Crippen molar-refractivity contribution in [3.63, 3.8) is 0 Å². The molecule has 1 aromatic rings. The van der Waals surface area contributed by atoms with E-state index in [0.717, 1.165) is 25.7 Å². The maximum absolute atomic E-state index is 12.1. The van der Waals surface area contributed by atoms with Gasteiger partial charge in [-0.05, 0) is 25.0 Å². The van der Waals surface area contributed by atoms with Gasteiger partial charge in [-0.25, -0.2) is 0 Å². The van der Waals surface area contributed by atoms with Crippen molar-refractivity contribution in [2.45, 2.75) is 53.4 Å². The van der Waals surface area contributed by atoms with Gasteiger partial charge in [0.2, 0.25) is 0 Å². The van der Waals surface area contributed by atoms with Crippen LogP contribution in [0, 0.1) is 0 Å². The molecule has 0 saturated heterocycles. The third-order valence-electron chi connectivity index (χ3n) is 3.05. The van der Waals surface area contributed by atoms with Crippen LogP contribution in [0.3, 0.4) is 0 Å². The summed E-state index contributed by atoms with van der Waals surface area (Å²) in [6, 6.07) is 6.93. The molecule has 2 N–H and O–H groups in total. The van der Waals surface area contributed by atoms with E-state index in [1.165, 1.54) is 0 Å². The van der Waals surface area contributed by atoms with E-state index in [1.54, 1.807) is 24.3 Å². The van der Waals surface area contributed by atoms with Gasteiger partial charge in [-0.2, -0.15) is 0 Å². The average molecular weight is 306 g/mol. The zero-order valence-corrected chi connectivity index (χ0v) is 14.4. The van der Waals surface area contributed by atoms with Crippen molar-refractivity contribution in [3.8, 4) is 0 Å². The van der Waals surface area contributed by atoms with Crippen LogP contribution in [0.5, 0.6) is 0 Å². The fourth-order valence-corrected chi connectivity index (χ4v) is 1.83. The highest BCUT2D eigenvalue weighted by atomic mass is 16.2. The molecule has 1 aromatic carbocycles. The van der Waals surface area contributed by atoms with E-state index in [2.05, 4.69) is 24.5 Å². The second-order valence-electron chi connectivity index (χ2n) is 4.76. The van der Waals surface area contributed by atoms with Gasteiger partial charge in [0, 0.05) is 13.1 Å². The smallest absolute Gasteiger partial charge is 0.252 e. The van der Waals surface area contributed by atoms with Crippen LogP contribution in [0.2, 0.25) is 0 Å². The minimum Gasteiger partial charge on any atom is -0.352 e. The molecular formula is C18H30N2O2. The summed E-state index contributed by atoms with van der Waals surface area (Å²) < 4.78 is 0. The summed E-state index contributed by atoms with van der Waals surface area (Å²) in [6.07, 6.45) is 3.94. The highest BCUT2D eigenvalue weighted by Gasteiger charge is 2.15. The second-order valence-corrected chi connectivity index (χ2v) is 4.76. The average Bonchev–Trinajstić information content (AvgIpc) is 2.57. The lowest BCUT2D eigenvalue weighted by atomic mass is 10.1. The lowest BCUT2D eigenvalue weighted by Crippen LogP contribution is -2.30. The topological polar surface area (TPSA) is 58.2 Å². The summed E-state index contributed by atoms with van der Waals surface area (Å²) in [4.78, 5) is 24.2. The van der Waals surface area contributed by atoms with Gasteiger partial charge < -0.3 is 10.6 Å². The summed E-state index contributed by atoms with van der Waals surface area (Å²) in [5, 5.41) is 5.69. The van der Waals surface area contributed by atoms with Crippen molar-refractivity contribution in [3.05, 3.63) is 35.4 Å². The molecule has 4 heteroatoms. The summed E-state index contributed by atoms with van der Waals surface area (Å²) in [6.45, 7) is 9.42. The molecule has 0 atom stereocenters. The van der Waals surface area contributed by atoms with Gasteiger partial charge in [0.05, 0.1) is 11.1 Å². The Kier molecular flexibility index (Phi) is 11.8. The number of rotatable bonds is 8. The minimum absolute atomic E-state index is 0.181. The number of carbonyl (C=O) groups is 2. The fraction of sp³-hybridized carbons (Fsp3) is 0.556. The standard InChI is InChI=1S/C16H24N2O2.C2H6/c1-3-5-11-17-15(19)13-9-7-8-10-14(13)16(20)18-12-6-4-2;1-2/h7-10H,3-6,11-12H2,1-2H3,(H,17,19)(H,18,20);1-2H3. The molecule has 0 fully saturated rings. The Balaban J connectivity index is 0.00000211. The molecular weight excluding hydrogens is 276 g/mol. The minimum atomic E-state index is -0.181. The van der Waals surface area contributed by atoms with Gasteiger partial charge in [-0.1, -0.05) is 52.7 Å². The molecule has 0 aliphatic heterocycles. The molecule has 0 aliphatic rings. The van der Waals surface area contributed by atoms with Crippen LogP contribution in [-0.2, 0) is 0 Å².